The maximum atomic E-state index is 12.7. The second-order valence-electron chi connectivity index (χ2n) is 3.64. The standard InChI is InChI=1S/C9H15FO2/c1-6(9(11)12)7-2-4-8(10)5-3-7/h6-8H,2-5H2,1H3,(H,11,12). The Balaban J connectivity index is 2.39. The van der Waals surface area contributed by atoms with Gasteiger partial charge in [0.25, 0.3) is 0 Å². The topological polar surface area (TPSA) is 37.3 Å². The summed E-state index contributed by atoms with van der Waals surface area (Å²) in [7, 11) is 0. The van der Waals surface area contributed by atoms with E-state index in [0.717, 1.165) is 12.8 Å². The summed E-state index contributed by atoms with van der Waals surface area (Å²) in [5.74, 6) is -0.871. The molecule has 0 aromatic heterocycles. The molecule has 0 aromatic rings. The number of aliphatic carboxylic acids is 1. The van der Waals surface area contributed by atoms with E-state index in [9.17, 15) is 9.18 Å². The zero-order chi connectivity index (χ0) is 9.14. The van der Waals surface area contributed by atoms with Gasteiger partial charge in [-0.05, 0) is 31.6 Å². The third-order valence-electron chi connectivity index (χ3n) is 2.80. The maximum Gasteiger partial charge on any atom is 0.306 e. The molecule has 0 spiro atoms. The lowest BCUT2D eigenvalue weighted by Crippen LogP contribution is -2.25. The molecule has 0 radical (unpaired) electrons. The number of carboxylic acid groups (broad SMARTS) is 1. The van der Waals surface area contributed by atoms with Gasteiger partial charge < -0.3 is 5.11 Å². The van der Waals surface area contributed by atoms with Crippen molar-refractivity contribution < 1.29 is 14.3 Å². The Kier molecular flexibility index (Phi) is 3.06. The van der Waals surface area contributed by atoms with Gasteiger partial charge in [-0.3, -0.25) is 4.79 Å². The first-order valence-corrected chi connectivity index (χ1v) is 4.48. The Morgan fingerprint density at radius 3 is 2.33 bits per heavy atom. The van der Waals surface area contributed by atoms with Crippen LogP contribution in [0.3, 0.4) is 0 Å². The fourth-order valence-electron chi connectivity index (χ4n) is 1.78. The molecular weight excluding hydrogens is 159 g/mol. The van der Waals surface area contributed by atoms with Crippen LogP contribution in [0.1, 0.15) is 32.6 Å². The first-order chi connectivity index (χ1) is 5.61. The van der Waals surface area contributed by atoms with Gasteiger partial charge in [0.05, 0.1) is 5.92 Å². The number of alkyl halides is 1. The number of rotatable bonds is 2. The van der Waals surface area contributed by atoms with E-state index in [1.807, 2.05) is 0 Å². The Labute approximate surface area is 71.8 Å². The van der Waals surface area contributed by atoms with Gasteiger partial charge >= 0.3 is 5.97 Å². The molecular formula is C9H15FO2. The molecule has 1 aliphatic carbocycles. The highest BCUT2D eigenvalue weighted by Crippen LogP contribution is 2.31. The van der Waals surface area contributed by atoms with Gasteiger partial charge in [0.1, 0.15) is 6.17 Å². The fourth-order valence-corrected chi connectivity index (χ4v) is 1.78. The molecule has 1 rings (SSSR count). The van der Waals surface area contributed by atoms with E-state index < -0.39 is 12.1 Å². The highest BCUT2D eigenvalue weighted by molar-refractivity contribution is 5.69. The predicted octanol–water partition coefficient (Wildman–Crippen LogP) is 2.24. The van der Waals surface area contributed by atoms with Crippen molar-refractivity contribution in [3.05, 3.63) is 0 Å². The fraction of sp³-hybridized carbons (Fsp3) is 0.889. The van der Waals surface area contributed by atoms with E-state index in [4.69, 9.17) is 5.11 Å². The smallest absolute Gasteiger partial charge is 0.306 e. The minimum absolute atomic E-state index is 0.189. The average Bonchev–Trinajstić information content (AvgIpc) is 2.04. The van der Waals surface area contributed by atoms with E-state index in [0.29, 0.717) is 12.8 Å². The third kappa shape index (κ3) is 2.19. The molecule has 0 aliphatic heterocycles. The van der Waals surface area contributed by atoms with Gasteiger partial charge in [-0.15, -0.1) is 0 Å². The van der Waals surface area contributed by atoms with Gasteiger partial charge in [0, 0.05) is 0 Å². The molecule has 12 heavy (non-hydrogen) atoms. The number of carboxylic acids is 1. The number of halogens is 1. The van der Waals surface area contributed by atoms with Crippen molar-refractivity contribution >= 4 is 5.97 Å². The lowest BCUT2D eigenvalue weighted by molar-refractivity contribution is -0.143. The van der Waals surface area contributed by atoms with E-state index >= 15 is 0 Å². The van der Waals surface area contributed by atoms with Crippen LogP contribution in [0.4, 0.5) is 4.39 Å². The van der Waals surface area contributed by atoms with Crippen LogP contribution in [-0.4, -0.2) is 17.2 Å². The summed E-state index contributed by atoms with van der Waals surface area (Å²) in [5, 5.41) is 8.71. The van der Waals surface area contributed by atoms with Crippen molar-refractivity contribution in [2.24, 2.45) is 11.8 Å². The normalized spacial score (nSPS) is 32.8. The van der Waals surface area contributed by atoms with Crippen LogP contribution in [0, 0.1) is 11.8 Å². The van der Waals surface area contributed by atoms with Gasteiger partial charge in [0.2, 0.25) is 0 Å². The van der Waals surface area contributed by atoms with Crippen LogP contribution in [0.5, 0.6) is 0 Å². The lowest BCUT2D eigenvalue weighted by Gasteiger charge is -2.26. The van der Waals surface area contributed by atoms with E-state index in [2.05, 4.69) is 0 Å². The van der Waals surface area contributed by atoms with Crippen LogP contribution in [0.2, 0.25) is 0 Å². The third-order valence-corrected chi connectivity index (χ3v) is 2.80. The van der Waals surface area contributed by atoms with Crippen LogP contribution in [0.15, 0.2) is 0 Å². The van der Waals surface area contributed by atoms with Gasteiger partial charge in [-0.2, -0.15) is 0 Å². The van der Waals surface area contributed by atoms with Crippen LogP contribution < -0.4 is 0 Å². The molecule has 1 aliphatic rings. The average molecular weight is 174 g/mol. The summed E-state index contributed by atoms with van der Waals surface area (Å²) in [6.45, 7) is 1.71. The van der Waals surface area contributed by atoms with Gasteiger partial charge in [-0.25, -0.2) is 4.39 Å². The van der Waals surface area contributed by atoms with E-state index in [1.54, 1.807) is 6.92 Å². The Morgan fingerprint density at radius 2 is 1.92 bits per heavy atom. The Bertz CT molecular complexity index is 162. The summed E-state index contributed by atoms with van der Waals surface area (Å²) in [5.41, 5.74) is 0. The Hall–Kier alpha value is -0.600. The van der Waals surface area contributed by atoms with Crippen LogP contribution >= 0.6 is 0 Å². The zero-order valence-corrected chi connectivity index (χ0v) is 7.29. The second kappa shape index (κ2) is 3.87. The predicted molar refractivity (Wildman–Crippen MR) is 43.7 cm³/mol. The highest BCUT2D eigenvalue weighted by Gasteiger charge is 2.28. The largest absolute Gasteiger partial charge is 0.481 e. The minimum Gasteiger partial charge on any atom is -0.481 e. The SMILES string of the molecule is CC(C(=O)O)C1CCC(F)CC1. The van der Waals surface area contributed by atoms with Crippen molar-refractivity contribution in [3.63, 3.8) is 0 Å². The molecule has 1 fully saturated rings. The molecule has 1 N–H and O–H groups in total. The van der Waals surface area contributed by atoms with Crippen LogP contribution in [0.25, 0.3) is 0 Å². The number of hydrogen-bond acceptors (Lipinski definition) is 1. The quantitative estimate of drug-likeness (QED) is 0.697. The molecule has 2 nitrogen and oxygen atoms in total. The summed E-state index contributed by atoms with van der Waals surface area (Å²) in [4.78, 5) is 10.6. The summed E-state index contributed by atoms with van der Waals surface area (Å²) in [6, 6.07) is 0. The minimum atomic E-state index is -0.752. The monoisotopic (exact) mass is 174 g/mol. The zero-order valence-electron chi connectivity index (χ0n) is 7.29. The summed E-state index contributed by atoms with van der Waals surface area (Å²) >= 11 is 0. The van der Waals surface area contributed by atoms with Crippen molar-refractivity contribution in [2.75, 3.05) is 0 Å². The summed E-state index contributed by atoms with van der Waals surface area (Å²) < 4.78 is 12.7. The van der Waals surface area contributed by atoms with Crippen LogP contribution in [-0.2, 0) is 4.79 Å². The first kappa shape index (κ1) is 9.49. The second-order valence-corrected chi connectivity index (χ2v) is 3.64. The molecule has 0 saturated heterocycles. The molecule has 0 bridgehead atoms. The number of carbonyl (C=O) groups is 1. The molecule has 1 saturated carbocycles. The Morgan fingerprint density at radius 1 is 1.42 bits per heavy atom. The molecule has 0 heterocycles. The molecule has 70 valence electrons. The molecule has 0 aromatic carbocycles. The molecule has 1 atom stereocenters. The van der Waals surface area contributed by atoms with E-state index in [1.165, 1.54) is 0 Å². The lowest BCUT2D eigenvalue weighted by atomic mass is 9.80. The van der Waals surface area contributed by atoms with Gasteiger partial charge in [-0.1, -0.05) is 6.92 Å². The molecule has 3 heteroatoms. The first-order valence-electron chi connectivity index (χ1n) is 4.48. The van der Waals surface area contributed by atoms with E-state index in [-0.39, 0.29) is 11.8 Å². The van der Waals surface area contributed by atoms with Crippen molar-refractivity contribution in [3.8, 4) is 0 Å². The van der Waals surface area contributed by atoms with Crippen molar-refractivity contribution in [2.45, 2.75) is 38.8 Å². The van der Waals surface area contributed by atoms with Crippen molar-refractivity contribution in [1.82, 2.24) is 0 Å². The van der Waals surface area contributed by atoms with Crippen molar-refractivity contribution in [1.29, 1.82) is 0 Å². The maximum absolute atomic E-state index is 12.7. The molecule has 1 unspecified atom stereocenters. The summed E-state index contributed by atoms with van der Waals surface area (Å²) in [6.07, 6.45) is 1.86. The molecule has 0 amide bonds. The number of hydrogen-bond donors (Lipinski definition) is 1. The van der Waals surface area contributed by atoms with Gasteiger partial charge in [0.15, 0.2) is 0 Å². The highest BCUT2D eigenvalue weighted by atomic mass is 19.1.